The Morgan fingerprint density at radius 1 is 1.25 bits per heavy atom. The van der Waals surface area contributed by atoms with Crippen molar-refractivity contribution >= 4 is 5.97 Å². The summed E-state index contributed by atoms with van der Waals surface area (Å²) < 4.78 is 15.9. The zero-order chi connectivity index (χ0) is 14.3. The van der Waals surface area contributed by atoms with E-state index < -0.39 is 5.60 Å². The van der Waals surface area contributed by atoms with Crippen molar-refractivity contribution in [2.75, 3.05) is 19.8 Å². The topological polar surface area (TPSA) is 48.1 Å². The van der Waals surface area contributed by atoms with Crippen LogP contribution in [0.3, 0.4) is 0 Å². The molecule has 1 unspecified atom stereocenters. The van der Waals surface area contributed by atoms with Crippen LogP contribution in [0, 0.1) is 0 Å². The van der Waals surface area contributed by atoms with Gasteiger partial charge in [0.2, 0.25) is 0 Å². The van der Waals surface area contributed by atoms with Gasteiger partial charge in [-0.1, -0.05) is 18.2 Å². The molecule has 4 nitrogen and oxygen atoms in total. The van der Waals surface area contributed by atoms with E-state index in [1.165, 1.54) is 0 Å². The van der Waals surface area contributed by atoms with Crippen molar-refractivity contribution in [3.8, 4) is 5.75 Å². The molecule has 4 heteroatoms. The lowest BCUT2D eigenvalue weighted by atomic mass is 10.0. The fourth-order valence-electron chi connectivity index (χ4n) is 2.11. The molecule has 0 saturated carbocycles. The molecule has 1 heterocycles. The van der Waals surface area contributed by atoms with Gasteiger partial charge in [-0.3, -0.25) is 0 Å². The Morgan fingerprint density at radius 3 is 2.65 bits per heavy atom. The molecule has 1 saturated heterocycles. The van der Waals surface area contributed by atoms with E-state index in [1.807, 2.05) is 37.3 Å². The van der Waals surface area contributed by atoms with E-state index in [2.05, 4.69) is 0 Å². The number of ether oxygens (including phenoxy) is 3. The fraction of sp³-hybridized carbons (Fsp3) is 0.562. The van der Waals surface area contributed by atoms with E-state index in [-0.39, 0.29) is 5.97 Å². The minimum atomic E-state index is -0.629. The first kappa shape index (κ1) is 14.9. The normalized spacial score (nSPS) is 20.4. The van der Waals surface area contributed by atoms with Crippen molar-refractivity contribution < 1.29 is 19.0 Å². The number of epoxide rings is 1. The van der Waals surface area contributed by atoms with Crippen LogP contribution in [0.15, 0.2) is 30.3 Å². The predicted octanol–water partition coefficient (Wildman–Crippen LogP) is 2.96. The Labute approximate surface area is 120 Å². The number of rotatable bonds is 9. The standard InChI is InChI=1S/C16H22O4/c1-2-18-15(17)16(13-20-16)11-7-4-8-12-19-14-9-5-3-6-10-14/h3,5-6,9-10H,2,4,7-8,11-13H2,1H3. The van der Waals surface area contributed by atoms with Crippen molar-refractivity contribution in [1.82, 2.24) is 0 Å². The number of unbranched alkanes of at least 4 members (excludes halogenated alkanes) is 2. The van der Waals surface area contributed by atoms with Crippen molar-refractivity contribution in [2.45, 2.75) is 38.2 Å². The number of carbonyl (C=O) groups excluding carboxylic acids is 1. The van der Waals surface area contributed by atoms with Crippen LogP contribution in [0.1, 0.15) is 32.6 Å². The summed E-state index contributed by atoms with van der Waals surface area (Å²) in [5, 5.41) is 0. The molecule has 0 aromatic heterocycles. The maximum absolute atomic E-state index is 11.7. The lowest BCUT2D eigenvalue weighted by Gasteiger charge is -2.10. The maximum atomic E-state index is 11.7. The van der Waals surface area contributed by atoms with Gasteiger partial charge in [0.1, 0.15) is 5.75 Å². The lowest BCUT2D eigenvalue weighted by Crippen LogP contribution is -2.27. The molecule has 0 aliphatic carbocycles. The van der Waals surface area contributed by atoms with Gasteiger partial charge in [-0.15, -0.1) is 0 Å². The third-order valence-corrected chi connectivity index (χ3v) is 3.38. The van der Waals surface area contributed by atoms with Crippen molar-refractivity contribution in [3.05, 3.63) is 30.3 Å². The summed E-state index contributed by atoms with van der Waals surface area (Å²) in [4.78, 5) is 11.7. The van der Waals surface area contributed by atoms with E-state index in [4.69, 9.17) is 14.2 Å². The Hall–Kier alpha value is -1.55. The van der Waals surface area contributed by atoms with Crippen LogP contribution >= 0.6 is 0 Å². The first-order valence-corrected chi connectivity index (χ1v) is 7.26. The summed E-state index contributed by atoms with van der Waals surface area (Å²) in [5.74, 6) is 0.696. The Kier molecular flexibility index (Phi) is 5.41. The van der Waals surface area contributed by atoms with Crippen LogP contribution in [0.5, 0.6) is 5.75 Å². The highest BCUT2D eigenvalue weighted by Crippen LogP contribution is 2.34. The van der Waals surface area contributed by atoms with Gasteiger partial charge in [0.25, 0.3) is 0 Å². The van der Waals surface area contributed by atoms with E-state index in [0.717, 1.165) is 31.4 Å². The molecule has 1 atom stereocenters. The second-order valence-electron chi connectivity index (χ2n) is 4.98. The van der Waals surface area contributed by atoms with Crippen molar-refractivity contribution in [1.29, 1.82) is 0 Å². The van der Waals surface area contributed by atoms with Crippen LogP contribution in [0.4, 0.5) is 0 Å². The molecule has 1 aliphatic rings. The molecule has 1 aromatic rings. The average Bonchev–Trinajstić information content (AvgIpc) is 3.25. The summed E-state index contributed by atoms with van der Waals surface area (Å²) >= 11 is 0. The first-order valence-electron chi connectivity index (χ1n) is 7.26. The molecule has 1 aliphatic heterocycles. The van der Waals surface area contributed by atoms with Gasteiger partial charge >= 0.3 is 5.97 Å². The number of carbonyl (C=O) groups is 1. The molecule has 0 bridgehead atoms. The monoisotopic (exact) mass is 278 g/mol. The highest BCUT2D eigenvalue weighted by atomic mass is 16.6. The Bertz CT molecular complexity index is 412. The molecule has 0 amide bonds. The van der Waals surface area contributed by atoms with Crippen LogP contribution in [0.2, 0.25) is 0 Å². The maximum Gasteiger partial charge on any atom is 0.340 e. The highest BCUT2D eigenvalue weighted by Gasteiger charge is 2.52. The quantitative estimate of drug-likeness (QED) is 0.396. The van der Waals surface area contributed by atoms with Crippen LogP contribution in [0.25, 0.3) is 0 Å². The van der Waals surface area contributed by atoms with Gasteiger partial charge in [0.15, 0.2) is 5.60 Å². The molecule has 0 radical (unpaired) electrons. The zero-order valence-corrected chi connectivity index (χ0v) is 12.0. The SMILES string of the molecule is CCOC(=O)C1(CCCCCOc2ccccc2)CO1. The Morgan fingerprint density at radius 2 is 2.00 bits per heavy atom. The molecule has 0 N–H and O–H groups in total. The Balaban J connectivity index is 1.55. The third-order valence-electron chi connectivity index (χ3n) is 3.38. The van der Waals surface area contributed by atoms with Gasteiger partial charge < -0.3 is 14.2 Å². The van der Waals surface area contributed by atoms with E-state index in [9.17, 15) is 4.79 Å². The molecule has 1 fully saturated rings. The number of hydrogen-bond acceptors (Lipinski definition) is 4. The summed E-state index contributed by atoms with van der Waals surface area (Å²) in [5.41, 5.74) is -0.629. The molecule has 110 valence electrons. The molecule has 1 aromatic carbocycles. The van der Waals surface area contributed by atoms with Crippen molar-refractivity contribution in [3.63, 3.8) is 0 Å². The summed E-state index contributed by atoms with van der Waals surface area (Å²) in [6.07, 6.45) is 3.71. The number of benzene rings is 1. The van der Waals surface area contributed by atoms with Gasteiger partial charge in [-0.25, -0.2) is 4.79 Å². The number of para-hydroxylation sites is 1. The van der Waals surface area contributed by atoms with Gasteiger partial charge in [0, 0.05) is 0 Å². The molecular formula is C16H22O4. The highest BCUT2D eigenvalue weighted by molar-refractivity contribution is 5.82. The van der Waals surface area contributed by atoms with E-state index in [1.54, 1.807) is 0 Å². The van der Waals surface area contributed by atoms with Crippen molar-refractivity contribution in [2.24, 2.45) is 0 Å². The van der Waals surface area contributed by atoms with Gasteiger partial charge in [-0.05, 0) is 44.7 Å². The molecule has 0 spiro atoms. The van der Waals surface area contributed by atoms with Gasteiger partial charge in [-0.2, -0.15) is 0 Å². The number of hydrogen-bond donors (Lipinski definition) is 0. The van der Waals surface area contributed by atoms with Crippen LogP contribution in [-0.4, -0.2) is 31.4 Å². The lowest BCUT2D eigenvalue weighted by molar-refractivity contribution is -0.149. The van der Waals surface area contributed by atoms with Crippen LogP contribution in [-0.2, 0) is 14.3 Å². The minimum Gasteiger partial charge on any atom is -0.494 e. The number of esters is 1. The van der Waals surface area contributed by atoms with Gasteiger partial charge in [0.05, 0.1) is 19.8 Å². The molecule has 20 heavy (non-hydrogen) atoms. The fourth-order valence-corrected chi connectivity index (χ4v) is 2.11. The van der Waals surface area contributed by atoms with E-state index >= 15 is 0 Å². The summed E-state index contributed by atoms with van der Waals surface area (Å²) in [7, 11) is 0. The summed E-state index contributed by atoms with van der Waals surface area (Å²) in [6, 6.07) is 9.80. The second-order valence-corrected chi connectivity index (χ2v) is 4.98. The smallest absolute Gasteiger partial charge is 0.340 e. The minimum absolute atomic E-state index is 0.208. The molecular weight excluding hydrogens is 256 g/mol. The third kappa shape index (κ3) is 4.23. The summed E-state index contributed by atoms with van der Waals surface area (Å²) in [6.45, 7) is 3.44. The zero-order valence-electron chi connectivity index (χ0n) is 12.0. The first-order chi connectivity index (χ1) is 9.77. The predicted molar refractivity (Wildman–Crippen MR) is 75.7 cm³/mol. The second kappa shape index (κ2) is 7.29. The van der Waals surface area contributed by atoms with Crippen LogP contribution < -0.4 is 4.74 Å². The van der Waals surface area contributed by atoms with E-state index in [0.29, 0.717) is 19.8 Å². The molecule has 2 rings (SSSR count). The average molecular weight is 278 g/mol. The largest absolute Gasteiger partial charge is 0.494 e.